The second-order valence-corrected chi connectivity index (χ2v) is 10.3. The summed E-state index contributed by atoms with van der Waals surface area (Å²) >= 11 is 13.9. The lowest BCUT2D eigenvalue weighted by molar-refractivity contribution is -0.114. The number of dihydropyridines is 1. The zero-order valence-corrected chi connectivity index (χ0v) is 23.0. The molecule has 192 valence electrons. The molecule has 0 aromatic heterocycles. The number of anilines is 2. The summed E-state index contributed by atoms with van der Waals surface area (Å²) in [5.74, 6) is -1.29. The zero-order chi connectivity index (χ0) is 27.2. The van der Waals surface area contributed by atoms with Crippen LogP contribution in [-0.4, -0.2) is 17.6 Å². The molecule has 4 rings (SSSR count). The van der Waals surface area contributed by atoms with Crippen LogP contribution in [0.2, 0.25) is 10.0 Å². The van der Waals surface area contributed by atoms with E-state index in [1.54, 1.807) is 55.5 Å². The Bertz CT molecular complexity index is 1500. The monoisotopic (exact) mass is 562 g/mol. The van der Waals surface area contributed by atoms with Crippen molar-refractivity contribution in [1.29, 1.82) is 5.26 Å². The van der Waals surface area contributed by atoms with Gasteiger partial charge in [-0.25, -0.2) is 0 Å². The molecule has 0 saturated heterocycles. The van der Waals surface area contributed by atoms with Crippen molar-refractivity contribution in [3.63, 3.8) is 0 Å². The Morgan fingerprint density at radius 1 is 0.947 bits per heavy atom. The van der Waals surface area contributed by atoms with Crippen molar-refractivity contribution in [2.45, 2.75) is 19.8 Å². The Morgan fingerprint density at radius 3 is 2.34 bits per heavy atom. The molecule has 9 heteroatoms. The van der Waals surface area contributed by atoms with E-state index in [4.69, 9.17) is 23.2 Å². The highest BCUT2D eigenvalue weighted by Crippen LogP contribution is 2.43. The molecule has 0 spiro atoms. The topological polar surface area (TPSA) is 94.0 Å². The minimum Gasteiger partial charge on any atom is -0.353 e. The van der Waals surface area contributed by atoms with Gasteiger partial charge in [0.05, 0.1) is 28.3 Å². The third-order valence-electron chi connectivity index (χ3n) is 6.03. The highest BCUT2D eigenvalue weighted by Gasteiger charge is 2.36. The number of rotatable bonds is 7. The summed E-state index contributed by atoms with van der Waals surface area (Å²) in [4.78, 5) is 26.3. The van der Waals surface area contributed by atoms with Crippen LogP contribution in [0, 0.1) is 18.3 Å². The van der Waals surface area contributed by atoms with E-state index in [2.05, 4.69) is 22.0 Å². The normalized spacial score (nSPS) is 15.0. The van der Waals surface area contributed by atoms with Crippen LogP contribution in [-0.2, 0) is 9.59 Å². The summed E-state index contributed by atoms with van der Waals surface area (Å²) in [6.45, 7) is 3.60. The number of nitrogens with zero attached hydrogens (tertiary/aromatic N) is 1. The van der Waals surface area contributed by atoms with Crippen LogP contribution in [0.3, 0.4) is 0 Å². The van der Waals surface area contributed by atoms with E-state index in [-0.39, 0.29) is 17.6 Å². The summed E-state index contributed by atoms with van der Waals surface area (Å²) in [7, 11) is 0. The fourth-order valence-electron chi connectivity index (χ4n) is 4.13. The Balaban J connectivity index is 1.64. The molecule has 1 aliphatic rings. The number of thioether (sulfide) groups is 1. The van der Waals surface area contributed by atoms with Crippen LogP contribution in [0.4, 0.5) is 11.4 Å². The number of hydrogen-bond donors (Lipinski definition) is 3. The van der Waals surface area contributed by atoms with E-state index in [1.165, 1.54) is 11.8 Å². The minimum atomic E-state index is -0.723. The highest BCUT2D eigenvalue weighted by atomic mass is 35.5. The average Bonchev–Trinajstić information content (AvgIpc) is 2.90. The lowest BCUT2D eigenvalue weighted by Crippen LogP contribution is -2.31. The first kappa shape index (κ1) is 27.3. The van der Waals surface area contributed by atoms with Gasteiger partial charge in [0.1, 0.15) is 0 Å². The number of halogens is 2. The second kappa shape index (κ2) is 12.2. The van der Waals surface area contributed by atoms with Crippen LogP contribution in [0.25, 0.3) is 0 Å². The molecule has 0 aliphatic carbocycles. The Hall–Kier alpha value is -3.70. The standard InChI is InChI=1S/C29H24Cl2N4O2S/c1-17-22(30)13-8-14-24(17)35-25(36)16-38-29-21(15-32)27(20-11-6-7-12-23(20)31)26(18(2)33-29)28(37)34-19-9-4-3-5-10-19/h3-14,27,33H,16H2,1-2H3,(H,34,37)(H,35,36). The van der Waals surface area contributed by atoms with Gasteiger partial charge in [-0.1, -0.05) is 77.4 Å². The molecular weight excluding hydrogens is 539 g/mol. The van der Waals surface area contributed by atoms with Crippen molar-refractivity contribution in [1.82, 2.24) is 5.32 Å². The maximum atomic E-state index is 13.5. The van der Waals surface area contributed by atoms with Gasteiger partial charge in [-0.05, 0) is 55.3 Å². The Morgan fingerprint density at radius 2 is 1.63 bits per heavy atom. The molecule has 0 radical (unpaired) electrons. The average molecular weight is 564 g/mol. The molecule has 0 saturated carbocycles. The van der Waals surface area contributed by atoms with Crippen molar-refractivity contribution >= 4 is 58.2 Å². The van der Waals surface area contributed by atoms with Crippen molar-refractivity contribution in [3.8, 4) is 6.07 Å². The van der Waals surface area contributed by atoms with E-state index in [1.807, 2.05) is 31.2 Å². The molecule has 1 unspecified atom stereocenters. The van der Waals surface area contributed by atoms with Crippen molar-refractivity contribution < 1.29 is 9.59 Å². The van der Waals surface area contributed by atoms with E-state index >= 15 is 0 Å². The van der Waals surface area contributed by atoms with Crippen LogP contribution < -0.4 is 16.0 Å². The van der Waals surface area contributed by atoms with Gasteiger partial charge in [-0.15, -0.1) is 0 Å². The van der Waals surface area contributed by atoms with Gasteiger partial charge in [-0.2, -0.15) is 5.26 Å². The van der Waals surface area contributed by atoms with Crippen molar-refractivity contribution in [2.75, 3.05) is 16.4 Å². The number of carbonyl (C=O) groups is 2. The quantitative estimate of drug-likeness (QED) is 0.288. The maximum absolute atomic E-state index is 13.5. The van der Waals surface area contributed by atoms with Gasteiger partial charge < -0.3 is 16.0 Å². The molecule has 2 amide bonds. The number of nitrogens with one attached hydrogen (secondary N) is 3. The fraction of sp³-hybridized carbons (Fsp3) is 0.138. The number of hydrogen-bond acceptors (Lipinski definition) is 5. The summed E-state index contributed by atoms with van der Waals surface area (Å²) in [5.41, 5.74) is 3.90. The predicted molar refractivity (Wildman–Crippen MR) is 155 cm³/mol. The molecule has 0 bridgehead atoms. The van der Waals surface area contributed by atoms with Gasteiger partial charge in [0.15, 0.2) is 0 Å². The summed E-state index contributed by atoms with van der Waals surface area (Å²) < 4.78 is 0. The first-order valence-corrected chi connectivity index (χ1v) is 13.4. The molecule has 3 aromatic carbocycles. The Labute approximate surface area is 235 Å². The van der Waals surface area contributed by atoms with Gasteiger partial charge in [0, 0.05) is 32.7 Å². The number of amides is 2. The fourth-order valence-corrected chi connectivity index (χ4v) is 5.45. The Kier molecular flexibility index (Phi) is 8.80. The zero-order valence-electron chi connectivity index (χ0n) is 20.6. The molecule has 1 aliphatic heterocycles. The lowest BCUT2D eigenvalue weighted by Gasteiger charge is -2.30. The smallest absolute Gasteiger partial charge is 0.254 e. The number of para-hydroxylation sites is 1. The first-order valence-electron chi connectivity index (χ1n) is 11.7. The maximum Gasteiger partial charge on any atom is 0.254 e. The summed E-state index contributed by atoms with van der Waals surface area (Å²) in [6, 6.07) is 23.8. The SMILES string of the molecule is CC1=C(C(=O)Nc2ccccc2)C(c2ccccc2Cl)C(C#N)=C(SCC(=O)Nc2cccc(Cl)c2C)N1. The number of carbonyl (C=O) groups excluding carboxylic acids is 2. The van der Waals surface area contributed by atoms with Crippen LogP contribution in [0.5, 0.6) is 0 Å². The van der Waals surface area contributed by atoms with E-state index in [0.717, 1.165) is 5.56 Å². The highest BCUT2D eigenvalue weighted by molar-refractivity contribution is 8.03. The molecule has 38 heavy (non-hydrogen) atoms. The van der Waals surface area contributed by atoms with Crippen molar-refractivity contribution in [3.05, 3.63) is 116 Å². The molecule has 3 N–H and O–H groups in total. The largest absolute Gasteiger partial charge is 0.353 e. The van der Waals surface area contributed by atoms with Crippen LogP contribution in [0.15, 0.2) is 94.7 Å². The molecule has 0 fully saturated rings. The van der Waals surface area contributed by atoms with Crippen LogP contribution >= 0.6 is 35.0 Å². The van der Waals surface area contributed by atoms with Gasteiger partial charge >= 0.3 is 0 Å². The number of allylic oxidation sites excluding steroid dienone is 2. The summed E-state index contributed by atoms with van der Waals surface area (Å²) in [5, 5.41) is 20.7. The predicted octanol–water partition coefficient (Wildman–Crippen LogP) is 7.01. The van der Waals surface area contributed by atoms with Gasteiger partial charge in [0.2, 0.25) is 5.91 Å². The van der Waals surface area contributed by atoms with Gasteiger partial charge in [-0.3, -0.25) is 9.59 Å². The van der Waals surface area contributed by atoms with Crippen LogP contribution in [0.1, 0.15) is 24.0 Å². The second-order valence-electron chi connectivity index (χ2n) is 8.54. The van der Waals surface area contributed by atoms with Crippen molar-refractivity contribution in [2.24, 2.45) is 0 Å². The minimum absolute atomic E-state index is 0.0353. The van der Waals surface area contributed by atoms with E-state index in [0.29, 0.717) is 48.9 Å². The van der Waals surface area contributed by atoms with Gasteiger partial charge in [0.25, 0.3) is 5.91 Å². The lowest BCUT2D eigenvalue weighted by atomic mass is 9.82. The van der Waals surface area contributed by atoms with E-state index < -0.39 is 5.92 Å². The molecule has 1 heterocycles. The first-order chi connectivity index (χ1) is 18.3. The molecule has 3 aromatic rings. The molecule has 6 nitrogen and oxygen atoms in total. The third-order valence-corrected chi connectivity index (χ3v) is 7.80. The van der Waals surface area contributed by atoms with E-state index in [9.17, 15) is 14.9 Å². The molecule has 1 atom stereocenters. The number of benzene rings is 3. The third kappa shape index (κ3) is 6.05. The number of nitriles is 1. The summed E-state index contributed by atoms with van der Waals surface area (Å²) in [6.07, 6.45) is 0. The molecular formula is C29H24Cl2N4O2S.